The van der Waals surface area contributed by atoms with Crippen molar-refractivity contribution in [1.29, 1.82) is 0 Å². The predicted molar refractivity (Wildman–Crippen MR) is 66.4 cm³/mol. The fraction of sp³-hybridized carbons (Fsp3) is 0.308. The molecule has 1 aromatic carbocycles. The van der Waals surface area contributed by atoms with Crippen molar-refractivity contribution in [3.8, 4) is 0 Å². The van der Waals surface area contributed by atoms with Gasteiger partial charge in [-0.25, -0.2) is 0 Å². The Morgan fingerprint density at radius 2 is 2.21 bits per heavy atom. The monoisotopic (exact) mass is 251 g/mol. The van der Waals surface area contributed by atoms with Gasteiger partial charge in [-0.2, -0.15) is 0 Å². The van der Waals surface area contributed by atoms with E-state index in [-0.39, 0.29) is 0 Å². The van der Waals surface area contributed by atoms with Gasteiger partial charge in [-0.05, 0) is 29.7 Å². The minimum Gasteiger partial charge on any atom is -0.102 e. The van der Waals surface area contributed by atoms with Crippen molar-refractivity contribution in [2.24, 2.45) is 0 Å². The molecule has 0 aromatic heterocycles. The van der Waals surface area contributed by atoms with E-state index in [1.807, 2.05) is 6.08 Å². The molecule has 0 nitrogen and oxygen atoms in total. The molecule has 0 unspecified atom stereocenters. The van der Waals surface area contributed by atoms with Gasteiger partial charge in [-0.3, -0.25) is 0 Å². The molecule has 0 fully saturated rings. The Bertz CT molecular complexity index is 315. The molecule has 1 heteroatoms. The highest BCUT2D eigenvalue weighted by molar-refractivity contribution is 9.10. The average molecular weight is 252 g/mol. The molecule has 0 heterocycles. The first-order chi connectivity index (χ1) is 6.69. The zero-order valence-electron chi connectivity index (χ0n) is 8.81. The Kier molecular flexibility index (Phi) is 4.40. The third-order valence-electron chi connectivity index (χ3n) is 2.32. The van der Waals surface area contributed by atoms with Crippen molar-refractivity contribution in [2.75, 3.05) is 0 Å². The Balaban J connectivity index is 3.08. The lowest BCUT2D eigenvalue weighted by atomic mass is 9.93. The number of benzene rings is 1. The molecule has 0 saturated heterocycles. The van der Waals surface area contributed by atoms with Crippen LogP contribution in [0.3, 0.4) is 0 Å². The van der Waals surface area contributed by atoms with Crippen LogP contribution in [0, 0.1) is 5.92 Å². The second kappa shape index (κ2) is 5.35. The predicted octanol–water partition coefficient (Wildman–Crippen LogP) is 4.53. The van der Waals surface area contributed by atoms with Gasteiger partial charge >= 0.3 is 0 Å². The van der Waals surface area contributed by atoms with Crippen LogP contribution in [0.2, 0.25) is 0 Å². The normalized spacial score (nSPS) is 10.6. The van der Waals surface area contributed by atoms with Crippen LogP contribution in [0.4, 0.5) is 0 Å². The third-order valence-corrected chi connectivity index (χ3v) is 2.82. The topological polar surface area (TPSA) is 0 Å². The molecule has 1 aromatic rings. The van der Waals surface area contributed by atoms with Gasteiger partial charge in [-0.15, -0.1) is 6.58 Å². The second-order valence-corrected chi connectivity index (χ2v) is 4.35. The summed E-state index contributed by atoms with van der Waals surface area (Å²) >= 11 is 3.50. The minimum atomic E-state index is 1.13. The lowest BCUT2D eigenvalue weighted by Crippen LogP contribution is -1.97. The van der Waals surface area contributed by atoms with Gasteiger partial charge in [-0.1, -0.05) is 48.3 Å². The Morgan fingerprint density at radius 1 is 1.50 bits per heavy atom. The van der Waals surface area contributed by atoms with E-state index < -0.39 is 0 Å². The largest absolute Gasteiger partial charge is 0.102 e. The molecule has 0 atom stereocenters. The first kappa shape index (κ1) is 11.5. The molecule has 0 bridgehead atoms. The molecule has 0 aliphatic heterocycles. The molecule has 14 heavy (non-hydrogen) atoms. The number of hydrogen-bond acceptors (Lipinski definition) is 0. The number of hydrogen-bond donors (Lipinski definition) is 0. The van der Waals surface area contributed by atoms with Crippen molar-refractivity contribution >= 4 is 15.9 Å². The Hall–Kier alpha value is -0.560. The summed E-state index contributed by atoms with van der Waals surface area (Å²) in [6, 6.07) is 6.46. The van der Waals surface area contributed by atoms with Crippen molar-refractivity contribution in [3.63, 3.8) is 0 Å². The average Bonchev–Trinajstić information content (AvgIpc) is 2.20. The van der Waals surface area contributed by atoms with Gasteiger partial charge in [0.25, 0.3) is 0 Å². The summed E-state index contributed by atoms with van der Waals surface area (Å²) < 4.78 is 1.13. The van der Waals surface area contributed by atoms with E-state index in [9.17, 15) is 0 Å². The summed E-state index contributed by atoms with van der Waals surface area (Å²) in [4.78, 5) is 0. The van der Waals surface area contributed by atoms with Gasteiger partial charge in [0.05, 0.1) is 0 Å². The van der Waals surface area contributed by atoms with Gasteiger partial charge < -0.3 is 0 Å². The SMILES string of the molecule is C=C[C](C)c1cc(Br)ccc1CCC. The highest BCUT2D eigenvalue weighted by atomic mass is 79.9. The molecule has 1 rings (SSSR count). The fourth-order valence-electron chi connectivity index (χ4n) is 1.51. The number of rotatable bonds is 4. The highest BCUT2D eigenvalue weighted by Gasteiger charge is 2.07. The second-order valence-electron chi connectivity index (χ2n) is 3.44. The van der Waals surface area contributed by atoms with E-state index in [1.165, 1.54) is 23.5 Å². The van der Waals surface area contributed by atoms with Gasteiger partial charge in [0.15, 0.2) is 0 Å². The summed E-state index contributed by atoms with van der Waals surface area (Å²) in [6.07, 6.45) is 4.23. The first-order valence-corrected chi connectivity index (χ1v) is 5.73. The number of allylic oxidation sites excluding steroid dienone is 1. The van der Waals surface area contributed by atoms with Gasteiger partial charge in [0, 0.05) is 10.4 Å². The highest BCUT2D eigenvalue weighted by Crippen LogP contribution is 2.25. The van der Waals surface area contributed by atoms with Crippen molar-refractivity contribution < 1.29 is 0 Å². The third kappa shape index (κ3) is 2.71. The molecule has 0 spiro atoms. The number of halogens is 1. The maximum absolute atomic E-state index is 3.82. The smallest absolute Gasteiger partial charge is 0.0233 e. The maximum Gasteiger partial charge on any atom is 0.0233 e. The summed E-state index contributed by atoms with van der Waals surface area (Å²) in [5.41, 5.74) is 2.73. The van der Waals surface area contributed by atoms with Crippen LogP contribution in [0.1, 0.15) is 31.4 Å². The van der Waals surface area contributed by atoms with E-state index in [0.29, 0.717) is 0 Å². The van der Waals surface area contributed by atoms with Crippen molar-refractivity contribution in [1.82, 2.24) is 0 Å². The Morgan fingerprint density at radius 3 is 2.79 bits per heavy atom. The van der Waals surface area contributed by atoms with Crippen LogP contribution < -0.4 is 0 Å². The van der Waals surface area contributed by atoms with E-state index in [1.54, 1.807) is 0 Å². The van der Waals surface area contributed by atoms with Gasteiger partial charge in [0.1, 0.15) is 0 Å². The van der Waals surface area contributed by atoms with Gasteiger partial charge in [0.2, 0.25) is 0 Å². The summed E-state index contributed by atoms with van der Waals surface area (Å²) in [5.74, 6) is 1.25. The maximum atomic E-state index is 3.82. The van der Waals surface area contributed by atoms with E-state index >= 15 is 0 Å². The van der Waals surface area contributed by atoms with Crippen LogP contribution in [-0.2, 0) is 6.42 Å². The fourth-order valence-corrected chi connectivity index (χ4v) is 1.87. The molecule has 0 aliphatic rings. The molecule has 1 radical (unpaired) electrons. The van der Waals surface area contributed by atoms with E-state index in [4.69, 9.17) is 0 Å². The molecule has 75 valence electrons. The Labute approximate surface area is 95.2 Å². The first-order valence-electron chi connectivity index (χ1n) is 4.93. The van der Waals surface area contributed by atoms with E-state index in [2.05, 4.69) is 54.6 Å². The van der Waals surface area contributed by atoms with Crippen LogP contribution in [0.15, 0.2) is 35.3 Å². The molecular weight excluding hydrogens is 236 g/mol. The molecule has 0 aliphatic carbocycles. The molecule has 0 saturated carbocycles. The van der Waals surface area contributed by atoms with Crippen LogP contribution in [0.25, 0.3) is 0 Å². The van der Waals surface area contributed by atoms with Crippen molar-refractivity contribution in [2.45, 2.75) is 26.7 Å². The lowest BCUT2D eigenvalue weighted by Gasteiger charge is -2.12. The van der Waals surface area contributed by atoms with Crippen LogP contribution in [0.5, 0.6) is 0 Å². The van der Waals surface area contributed by atoms with E-state index in [0.717, 1.165) is 10.9 Å². The van der Waals surface area contributed by atoms with Crippen molar-refractivity contribution in [3.05, 3.63) is 52.4 Å². The molecule has 0 N–H and O–H groups in total. The zero-order chi connectivity index (χ0) is 10.6. The summed E-state index contributed by atoms with van der Waals surface area (Å²) in [6.45, 7) is 8.12. The summed E-state index contributed by atoms with van der Waals surface area (Å²) in [5, 5.41) is 0. The summed E-state index contributed by atoms with van der Waals surface area (Å²) in [7, 11) is 0. The standard InChI is InChI=1S/C13H16Br/c1-4-6-11-7-8-12(14)9-13(11)10(3)5-2/h5,7-9H,2,4,6H2,1,3H3. The van der Waals surface area contributed by atoms with Crippen LogP contribution >= 0.6 is 15.9 Å². The quantitative estimate of drug-likeness (QED) is 0.738. The molecular formula is C13H16Br. The zero-order valence-corrected chi connectivity index (χ0v) is 10.4. The molecule has 0 amide bonds. The number of aryl methyl sites for hydroxylation is 1. The van der Waals surface area contributed by atoms with Crippen LogP contribution in [-0.4, -0.2) is 0 Å². The minimum absolute atomic E-state index is 1.13. The lowest BCUT2D eigenvalue weighted by molar-refractivity contribution is 0.909.